The van der Waals surface area contributed by atoms with Crippen LogP contribution >= 0.6 is 23.2 Å². The van der Waals surface area contributed by atoms with E-state index in [9.17, 15) is 4.79 Å². The molecular weight excluding hydrogens is 347 g/mol. The number of rotatable bonds is 6. The molecule has 0 spiro atoms. The summed E-state index contributed by atoms with van der Waals surface area (Å²) in [5.41, 5.74) is 1.57. The topological polar surface area (TPSA) is 50.4 Å². The van der Waals surface area contributed by atoms with E-state index in [0.29, 0.717) is 21.5 Å². The second kappa shape index (κ2) is 8.38. The Hall–Kier alpha value is -1.75. The number of nitrogens with one attached hydrogen (secondary N) is 2. The summed E-state index contributed by atoms with van der Waals surface area (Å²) in [6.07, 6.45) is 0. The van der Waals surface area contributed by atoms with E-state index >= 15 is 0 Å². The van der Waals surface area contributed by atoms with Crippen LogP contribution in [0.25, 0.3) is 0 Å². The lowest BCUT2D eigenvalue weighted by molar-refractivity contribution is -0.117. The summed E-state index contributed by atoms with van der Waals surface area (Å²) < 4.78 is 5.10. The maximum Gasteiger partial charge on any atom is 0.241 e. The maximum absolute atomic E-state index is 12.3. The van der Waals surface area contributed by atoms with E-state index in [1.807, 2.05) is 31.2 Å². The molecule has 2 aromatic carbocycles. The van der Waals surface area contributed by atoms with Gasteiger partial charge in [0.1, 0.15) is 5.75 Å². The van der Waals surface area contributed by atoms with Gasteiger partial charge in [0.25, 0.3) is 0 Å². The number of hydrogen-bond donors (Lipinski definition) is 2. The highest BCUT2D eigenvalue weighted by Gasteiger charge is 2.18. The first-order valence-electron chi connectivity index (χ1n) is 7.57. The summed E-state index contributed by atoms with van der Waals surface area (Å²) in [5.74, 6) is 0.406. The van der Waals surface area contributed by atoms with E-state index in [2.05, 4.69) is 10.6 Å². The Balaban J connectivity index is 1.99. The second-order valence-electron chi connectivity index (χ2n) is 5.47. The molecule has 0 bridgehead atoms. The van der Waals surface area contributed by atoms with Crippen LogP contribution in [0.3, 0.4) is 0 Å². The van der Waals surface area contributed by atoms with Gasteiger partial charge in [-0.3, -0.25) is 10.1 Å². The molecule has 2 unspecified atom stereocenters. The molecule has 128 valence electrons. The number of methoxy groups -OCH3 is 1. The molecule has 2 rings (SSSR count). The van der Waals surface area contributed by atoms with Crippen LogP contribution in [-0.4, -0.2) is 19.1 Å². The zero-order valence-electron chi connectivity index (χ0n) is 13.8. The third kappa shape index (κ3) is 4.63. The average molecular weight is 367 g/mol. The number of benzene rings is 2. The van der Waals surface area contributed by atoms with Crippen molar-refractivity contribution in [3.8, 4) is 5.75 Å². The molecule has 0 radical (unpaired) electrons. The SMILES string of the molecule is COc1ccc(NC(=O)C(C)NC(C)c2ccccc2Cl)cc1Cl. The molecule has 0 heterocycles. The van der Waals surface area contributed by atoms with E-state index in [0.717, 1.165) is 5.56 Å². The molecule has 2 aromatic rings. The van der Waals surface area contributed by atoms with Crippen molar-refractivity contribution in [2.75, 3.05) is 12.4 Å². The quantitative estimate of drug-likeness (QED) is 0.780. The third-order valence-electron chi connectivity index (χ3n) is 3.68. The van der Waals surface area contributed by atoms with Crippen molar-refractivity contribution in [3.63, 3.8) is 0 Å². The minimum absolute atomic E-state index is 0.0566. The Morgan fingerprint density at radius 1 is 1.08 bits per heavy atom. The minimum Gasteiger partial charge on any atom is -0.495 e. The van der Waals surface area contributed by atoms with Gasteiger partial charge < -0.3 is 10.1 Å². The molecule has 0 aliphatic heterocycles. The van der Waals surface area contributed by atoms with Gasteiger partial charge in [0.2, 0.25) is 5.91 Å². The van der Waals surface area contributed by atoms with Gasteiger partial charge in [0, 0.05) is 16.8 Å². The molecule has 2 N–H and O–H groups in total. The molecule has 2 atom stereocenters. The Morgan fingerprint density at radius 3 is 2.42 bits per heavy atom. The monoisotopic (exact) mass is 366 g/mol. The molecule has 0 saturated heterocycles. The summed E-state index contributed by atoms with van der Waals surface area (Å²) >= 11 is 12.3. The molecule has 0 saturated carbocycles. The lowest BCUT2D eigenvalue weighted by Gasteiger charge is -2.21. The van der Waals surface area contributed by atoms with Crippen LogP contribution in [-0.2, 0) is 4.79 Å². The van der Waals surface area contributed by atoms with Crippen LogP contribution in [0.2, 0.25) is 10.0 Å². The molecule has 6 heteroatoms. The summed E-state index contributed by atoms with van der Waals surface area (Å²) in [6, 6.07) is 12.2. The second-order valence-corrected chi connectivity index (χ2v) is 6.28. The Bertz CT molecular complexity index is 722. The Kier molecular flexibility index (Phi) is 6.49. The zero-order chi connectivity index (χ0) is 17.7. The first-order chi connectivity index (χ1) is 11.4. The Labute approximate surface area is 152 Å². The Morgan fingerprint density at radius 2 is 1.79 bits per heavy atom. The first kappa shape index (κ1) is 18.6. The van der Waals surface area contributed by atoms with Gasteiger partial charge in [0.05, 0.1) is 18.2 Å². The minimum atomic E-state index is -0.405. The van der Waals surface area contributed by atoms with Gasteiger partial charge in [-0.2, -0.15) is 0 Å². The van der Waals surface area contributed by atoms with Crippen molar-refractivity contribution in [3.05, 3.63) is 58.1 Å². The maximum atomic E-state index is 12.3. The predicted octanol–water partition coefficient (Wildman–Crippen LogP) is 4.68. The van der Waals surface area contributed by atoms with Crippen molar-refractivity contribution in [2.24, 2.45) is 0 Å². The zero-order valence-corrected chi connectivity index (χ0v) is 15.3. The van der Waals surface area contributed by atoms with Gasteiger partial charge in [0.15, 0.2) is 0 Å². The number of ether oxygens (including phenoxy) is 1. The van der Waals surface area contributed by atoms with Crippen molar-refractivity contribution in [1.29, 1.82) is 0 Å². The van der Waals surface area contributed by atoms with Crippen LogP contribution in [0.1, 0.15) is 25.5 Å². The fourth-order valence-electron chi connectivity index (χ4n) is 2.36. The number of anilines is 1. The lowest BCUT2D eigenvalue weighted by atomic mass is 10.1. The fraction of sp³-hybridized carbons (Fsp3) is 0.278. The largest absolute Gasteiger partial charge is 0.495 e. The summed E-state index contributed by atoms with van der Waals surface area (Å²) in [7, 11) is 1.54. The number of carbonyl (C=O) groups excluding carboxylic acids is 1. The normalized spacial score (nSPS) is 13.2. The van der Waals surface area contributed by atoms with Crippen molar-refractivity contribution < 1.29 is 9.53 Å². The van der Waals surface area contributed by atoms with Crippen LogP contribution in [0, 0.1) is 0 Å². The van der Waals surface area contributed by atoms with Crippen LogP contribution in [0.5, 0.6) is 5.75 Å². The average Bonchev–Trinajstić information content (AvgIpc) is 2.55. The highest BCUT2D eigenvalue weighted by atomic mass is 35.5. The van der Waals surface area contributed by atoms with Crippen LogP contribution in [0.15, 0.2) is 42.5 Å². The van der Waals surface area contributed by atoms with Crippen molar-refractivity contribution in [2.45, 2.75) is 25.9 Å². The third-order valence-corrected chi connectivity index (χ3v) is 4.32. The van der Waals surface area contributed by atoms with Gasteiger partial charge in [-0.05, 0) is 43.7 Å². The highest BCUT2D eigenvalue weighted by Crippen LogP contribution is 2.27. The van der Waals surface area contributed by atoms with E-state index in [4.69, 9.17) is 27.9 Å². The van der Waals surface area contributed by atoms with Gasteiger partial charge in [-0.1, -0.05) is 41.4 Å². The highest BCUT2D eigenvalue weighted by molar-refractivity contribution is 6.32. The van der Waals surface area contributed by atoms with Crippen LogP contribution in [0.4, 0.5) is 5.69 Å². The fourth-order valence-corrected chi connectivity index (χ4v) is 2.92. The molecule has 24 heavy (non-hydrogen) atoms. The molecule has 0 fully saturated rings. The van der Waals surface area contributed by atoms with E-state index in [-0.39, 0.29) is 11.9 Å². The van der Waals surface area contributed by atoms with Gasteiger partial charge >= 0.3 is 0 Å². The molecular formula is C18H20Cl2N2O2. The number of halogens is 2. The number of amides is 1. The summed E-state index contributed by atoms with van der Waals surface area (Å²) in [6.45, 7) is 3.77. The van der Waals surface area contributed by atoms with Gasteiger partial charge in [-0.15, -0.1) is 0 Å². The molecule has 1 amide bonds. The number of carbonyl (C=O) groups is 1. The molecule has 0 aliphatic rings. The smallest absolute Gasteiger partial charge is 0.241 e. The van der Waals surface area contributed by atoms with E-state index in [1.54, 1.807) is 32.2 Å². The molecule has 0 aliphatic carbocycles. The first-order valence-corrected chi connectivity index (χ1v) is 8.33. The molecule has 0 aromatic heterocycles. The molecule has 4 nitrogen and oxygen atoms in total. The van der Waals surface area contributed by atoms with E-state index in [1.165, 1.54) is 0 Å². The lowest BCUT2D eigenvalue weighted by Crippen LogP contribution is -2.39. The van der Waals surface area contributed by atoms with Crippen LogP contribution < -0.4 is 15.4 Å². The van der Waals surface area contributed by atoms with Gasteiger partial charge in [-0.25, -0.2) is 0 Å². The predicted molar refractivity (Wildman–Crippen MR) is 99.1 cm³/mol. The number of hydrogen-bond acceptors (Lipinski definition) is 3. The standard InChI is InChI=1S/C18H20Cl2N2O2/c1-11(14-6-4-5-7-15(14)19)21-12(2)18(23)22-13-8-9-17(24-3)16(20)10-13/h4-12,21H,1-3H3,(H,22,23). The van der Waals surface area contributed by atoms with Crippen molar-refractivity contribution >= 4 is 34.8 Å². The van der Waals surface area contributed by atoms with Crippen molar-refractivity contribution in [1.82, 2.24) is 5.32 Å². The van der Waals surface area contributed by atoms with E-state index < -0.39 is 6.04 Å². The summed E-state index contributed by atoms with van der Waals surface area (Å²) in [5, 5.41) is 7.19. The summed E-state index contributed by atoms with van der Waals surface area (Å²) in [4.78, 5) is 12.3.